The van der Waals surface area contributed by atoms with Crippen LogP contribution in [0, 0.1) is 0 Å². The molecule has 2 aromatic carbocycles. The van der Waals surface area contributed by atoms with Crippen LogP contribution in [0.2, 0.25) is 0 Å². The number of quaternary nitrogens is 1. The van der Waals surface area contributed by atoms with Gasteiger partial charge >= 0.3 is 0 Å². The van der Waals surface area contributed by atoms with E-state index >= 15 is 0 Å². The summed E-state index contributed by atoms with van der Waals surface area (Å²) in [6, 6.07) is 16.0. The fraction of sp³-hybridized carbons (Fsp3) is 0.250. The van der Waals surface area contributed by atoms with E-state index in [0.717, 1.165) is 30.5 Å². The summed E-state index contributed by atoms with van der Waals surface area (Å²) in [6.45, 7) is 4.46. The van der Waals surface area contributed by atoms with Gasteiger partial charge in [0.2, 0.25) is 5.78 Å². The highest BCUT2D eigenvalue weighted by atomic mass is 32.2. The molecule has 0 N–H and O–H groups in total. The van der Waals surface area contributed by atoms with E-state index < -0.39 is 21.6 Å². The van der Waals surface area contributed by atoms with Gasteiger partial charge in [-0.25, -0.2) is 12.9 Å². The molecule has 0 saturated heterocycles. The highest BCUT2D eigenvalue weighted by Gasteiger charge is 2.45. The van der Waals surface area contributed by atoms with Crippen LogP contribution in [0.1, 0.15) is 32.3 Å². The lowest BCUT2D eigenvalue weighted by Gasteiger charge is -2.37. The molecule has 0 bridgehead atoms. The largest absolute Gasteiger partial charge is 0.541 e. The number of carboxylic acids is 1. The molecule has 0 spiro atoms. The Labute approximate surface area is 182 Å². The van der Waals surface area contributed by atoms with Gasteiger partial charge in [0.1, 0.15) is 17.4 Å². The number of nitrogens with zero attached hydrogens (tertiary/aromatic N) is 1. The number of rotatable bonds is 8. The molecular formula is C24H25NO5S. The summed E-state index contributed by atoms with van der Waals surface area (Å²) in [4.78, 5) is 24.0. The van der Waals surface area contributed by atoms with Gasteiger partial charge in [0.25, 0.3) is 0 Å². The third kappa shape index (κ3) is 4.11. The van der Waals surface area contributed by atoms with Crippen molar-refractivity contribution in [3.05, 3.63) is 77.5 Å². The molecule has 0 aliphatic carbocycles. The van der Waals surface area contributed by atoms with Crippen LogP contribution in [-0.4, -0.2) is 33.0 Å². The Bertz CT molecular complexity index is 1180. The van der Waals surface area contributed by atoms with E-state index in [2.05, 4.69) is 6.92 Å². The first-order valence-corrected chi connectivity index (χ1v) is 12.0. The van der Waals surface area contributed by atoms with Gasteiger partial charge < -0.3 is 9.90 Å². The third-order valence-corrected chi connectivity index (χ3v) is 6.84. The first-order chi connectivity index (χ1) is 14.6. The van der Waals surface area contributed by atoms with Crippen molar-refractivity contribution in [2.45, 2.75) is 31.6 Å². The van der Waals surface area contributed by atoms with E-state index in [1.54, 1.807) is 25.1 Å². The molecule has 0 saturated carbocycles. The molecule has 0 radical (unpaired) electrons. The van der Waals surface area contributed by atoms with Gasteiger partial charge in [-0.2, -0.15) is 0 Å². The predicted molar refractivity (Wildman–Crippen MR) is 118 cm³/mol. The summed E-state index contributed by atoms with van der Waals surface area (Å²) in [5, 5.41) is 11.4. The molecule has 0 fully saturated rings. The molecule has 31 heavy (non-hydrogen) atoms. The van der Waals surface area contributed by atoms with Crippen molar-refractivity contribution in [2.75, 3.05) is 12.8 Å². The predicted octanol–water partition coefficient (Wildman–Crippen LogP) is 2.85. The van der Waals surface area contributed by atoms with Gasteiger partial charge in [-0.05, 0) is 42.8 Å². The first kappa shape index (κ1) is 22.7. The minimum Gasteiger partial charge on any atom is -0.541 e. The van der Waals surface area contributed by atoms with Gasteiger partial charge in [-0.3, -0.25) is 4.79 Å². The van der Waals surface area contributed by atoms with Crippen molar-refractivity contribution in [2.24, 2.45) is 0 Å². The zero-order valence-corrected chi connectivity index (χ0v) is 18.6. The zero-order valence-electron chi connectivity index (χ0n) is 17.8. The zero-order chi connectivity index (χ0) is 22.8. The minimum absolute atomic E-state index is 0.0992. The smallest absolute Gasteiger partial charge is 0.214 e. The molecule has 1 aliphatic heterocycles. The summed E-state index contributed by atoms with van der Waals surface area (Å²) in [5.41, 5.74) is 3.04. The Morgan fingerprint density at radius 1 is 1.00 bits per heavy atom. The Morgan fingerprint density at radius 3 is 2.13 bits per heavy atom. The highest BCUT2D eigenvalue weighted by Crippen LogP contribution is 2.46. The maximum Gasteiger partial charge on any atom is 0.214 e. The second-order valence-electron chi connectivity index (χ2n) is 7.66. The molecule has 3 rings (SSSR count). The number of carbonyl (C=O) groups excluding carboxylic acids is 2. The molecule has 1 unspecified atom stereocenters. The van der Waals surface area contributed by atoms with Crippen LogP contribution in [0.15, 0.2) is 76.8 Å². The lowest BCUT2D eigenvalue weighted by Crippen LogP contribution is -2.45. The van der Waals surface area contributed by atoms with Gasteiger partial charge in [-0.15, -0.1) is 0 Å². The normalized spacial score (nSPS) is 18.7. The van der Waals surface area contributed by atoms with E-state index in [-0.39, 0.29) is 15.0 Å². The lowest BCUT2D eigenvalue weighted by atomic mass is 10.1. The van der Waals surface area contributed by atoms with Crippen LogP contribution in [0.5, 0.6) is 0 Å². The maximum atomic E-state index is 12.5. The molecular weight excluding hydrogens is 414 g/mol. The van der Waals surface area contributed by atoms with Crippen molar-refractivity contribution in [1.29, 1.82) is 0 Å². The average molecular weight is 440 g/mol. The van der Waals surface area contributed by atoms with Gasteiger partial charge in [-0.1, -0.05) is 31.5 Å². The summed E-state index contributed by atoms with van der Waals surface area (Å²) in [5.74, 6) is -2.81. The van der Waals surface area contributed by atoms with Crippen molar-refractivity contribution >= 4 is 33.0 Å². The SMILES string of the molecule is CCCC[N+]1(c2ccccc2)C(c2ccc(S(C)(=O)=O)cc2)=CC(C(=O)C(=O)[O-])=C1C. The van der Waals surface area contributed by atoms with Crippen LogP contribution >= 0.6 is 0 Å². The lowest BCUT2D eigenvalue weighted by molar-refractivity contribution is -0.299. The summed E-state index contributed by atoms with van der Waals surface area (Å²) in [7, 11) is -3.36. The monoisotopic (exact) mass is 439 g/mol. The van der Waals surface area contributed by atoms with Crippen LogP contribution in [-0.2, 0) is 19.4 Å². The van der Waals surface area contributed by atoms with Crippen molar-refractivity contribution in [3.63, 3.8) is 0 Å². The average Bonchev–Trinajstić information content (AvgIpc) is 3.04. The number of carboxylic acid groups (broad SMARTS) is 1. The Kier molecular flexibility index (Phi) is 6.29. The van der Waals surface area contributed by atoms with E-state index in [4.69, 9.17) is 0 Å². The molecule has 1 heterocycles. The molecule has 162 valence electrons. The molecule has 2 aromatic rings. The number of sulfone groups is 1. The van der Waals surface area contributed by atoms with Gasteiger partial charge in [0.05, 0.1) is 17.0 Å². The van der Waals surface area contributed by atoms with Crippen LogP contribution in [0.4, 0.5) is 5.69 Å². The number of Topliss-reactive ketones (excluding diaryl/α,β-unsaturated/α-hetero) is 1. The molecule has 1 atom stereocenters. The van der Waals surface area contributed by atoms with Crippen molar-refractivity contribution < 1.29 is 23.1 Å². The van der Waals surface area contributed by atoms with E-state index in [1.165, 1.54) is 12.1 Å². The van der Waals surface area contributed by atoms with Crippen LogP contribution in [0.3, 0.4) is 0 Å². The number of ketones is 1. The number of benzene rings is 2. The number of allylic oxidation sites excluding steroid dienone is 2. The standard InChI is InChI=1S/C24H25NO5S/c1-4-5-15-25(19-9-7-6-8-10-19)17(2)21(23(26)24(27)28)16-22(25)18-11-13-20(14-12-18)31(3,29)30/h6-14,16H,4-5,15H2,1-3H3. The topological polar surface area (TPSA) is 91.3 Å². The highest BCUT2D eigenvalue weighted by molar-refractivity contribution is 7.90. The Hall–Kier alpha value is -3.03. The fourth-order valence-corrected chi connectivity index (χ4v) is 4.71. The Morgan fingerprint density at radius 2 is 1.61 bits per heavy atom. The second kappa shape index (κ2) is 8.61. The van der Waals surface area contributed by atoms with E-state index in [0.29, 0.717) is 17.8 Å². The van der Waals surface area contributed by atoms with Crippen LogP contribution in [0.25, 0.3) is 5.70 Å². The van der Waals surface area contributed by atoms with E-state index in [1.807, 2.05) is 30.3 Å². The van der Waals surface area contributed by atoms with Crippen molar-refractivity contribution in [3.8, 4) is 0 Å². The van der Waals surface area contributed by atoms with E-state index in [9.17, 15) is 23.1 Å². The number of para-hydroxylation sites is 1. The maximum absolute atomic E-state index is 12.5. The number of carbonyl (C=O) groups is 2. The summed E-state index contributed by atoms with van der Waals surface area (Å²) >= 11 is 0. The quantitative estimate of drug-likeness (QED) is 0.466. The number of hydrogen-bond acceptors (Lipinski definition) is 5. The summed E-state index contributed by atoms with van der Waals surface area (Å²) in [6.07, 6.45) is 4.48. The second-order valence-corrected chi connectivity index (χ2v) is 9.68. The first-order valence-electron chi connectivity index (χ1n) is 10.1. The minimum atomic E-state index is -3.36. The molecule has 6 nitrogen and oxygen atoms in total. The molecule has 7 heteroatoms. The van der Waals surface area contributed by atoms with Gasteiger partial charge in [0, 0.05) is 24.8 Å². The van der Waals surface area contributed by atoms with Crippen LogP contribution < -0.4 is 9.59 Å². The Balaban J connectivity index is 2.28. The number of hydrogen-bond donors (Lipinski definition) is 0. The van der Waals surface area contributed by atoms with Crippen molar-refractivity contribution in [1.82, 2.24) is 4.48 Å². The number of aliphatic carboxylic acids is 1. The molecule has 0 amide bonds. The third-order valence-electron chi connectivity index (χ3n) is 5.71. The van der Waals surface area contributed by atoms with Gasteiger partial charge in [0.15, 0.2) is 15.5 Å². The molecule has 1 aliphatic rings. The molecule has 0 aromatic heterocycles. The number of unbranched alkanes of at least 4 members (excludes halogenated alkanes) is 1. The fourth-order valence-electron chi connectivity index (χ4n) is 4.08. The summed E-state index contributed by atoms with van der Waals surface area (Å²) < 4.78 is 24.0.